The lowest BCUT2D eigenvalue weighted by Gasteiger charge is -2.00. The Morgan fingerprint density at radius 1 is 1.07 bits per heavy atom. The maximum atomic E-state index is 5.95. The zero-order chi connectivity index (χ0) is 10.1. The maximum absolute atomic E-state index is 5.95. The second-order valence-corrected chi connectivity index (χ2v) is 3.99. The largest absolute Gasteiger partial charge is 0.122 e. The number of hydrogen-bond donors (Lipinski definition) is 0. The van der Waals surface area contributed by atoms with E-state index in [1.807, 2.05) is 0 Å². The molecule has 0 spiro atoms. The van der Waals surface area contributed by atoms with Gasteiger partial charge in [-0.15, -0.1) is 11.6 Å². The number of fused-ring (bicyclic) bond motifs is 1. The zero-order valence-corrected chi connectivity index (χ0v) is 9.23. The standard InChI is InChI=1S/C13H13Cl/c1-9-6-10(2)12-4-3-5-13(12)11(7-9)8-14/h3-7H,8H2,1-2H3. The predicted molar refractivity (Wildman–Crippen MR) is 62.1 cm³/mol. The maximum Gasteiger partial charge on any atom is 0.0480 e. The molecule has 1 heteroatoms. The minimum Gasteiger partial charge on any atom is -0.122 e. The summed E-state index contributed by atoms with van der Waals surface area (Å²) < 4.78 is 0. The van der Waals surface area contributed by atoms with Crippen LogP contribution in [0.4, 0.5) is 0 Å². The Morgan fingerprint density at radius 3 is 2.50 bits per heavy atom. The van der Waals surface area contributed by atoms with Gasteiger partial charge in [-0.25, -0.2) is 0 Å². The highest BCUT2D eigenvalue weighted by Gasteiger charge is 2.08. The van der Waals surface area contributed by atoms with Crippen LogP contribution in [0.2, 0.25) is 0 Å². The predicted octanol–water partition coefficient (Wildman–Crippen LogP) is 4.15. The van der Waals surface area contributed by atoms with E-state index in [9.17, 15) is 0 Å². The molecule has 2 aliphatic rings. The molecule has 0 saturated carbocycles. The van der Waals surface area contributed by atoms with E-state index >= 15 is 0 Å². The van der Waals surface area contributed by atoms with Crippen LogP contribution in [0, 0.1) is 13.8 Å². The van der Waals surface area contributed by atoms with Gasteiger partial charge in [0.25, 0.3) is 0 Å². The third-order valence-corrected chi connectivity index (χ3v) is 2.86. The molecule has 0 N–H and O–H groups in total. The first-order valence-electron chi connectivity index (χ1n) is 4.77. The van der Waals surface area contributed by atoms with Gasteiger partial charge in [-0.1, -0.05) is 35.9 Å². The van der Waals surface area contributed by atoms with Gasteiger partial charge in [-0.3, -0.25) is 0 Å². The fraction of sp³-hybridized carbons (Fsp3) is 0.231. The van der Waals surface area contributed by atoms with E-state index in [4.69, 9.17) is 11.6 Å². The van der Waals surface area contributed by atoms with Crippen molar-refractivity contribution in [2.24, 2.45) is 0 Å². The van der Waals surface area contributed by atoms with Crippen molar-refractivity contribution in [3.8, 4) is 11.1 Å². The lowest BCUT2D eigenvalue weighted by atomic mass is 10.1. The fourth-order valence-corrected chi connectivity index (χ4v) is 2.19. The van der Waals surface area contributed by atoms with E-state index in [2.05, 4.69) is 44.2 Å². The first kappa shape index (κ1) is 9.54. The number of alkyl halides is 1. The molecule has 0 nitrogen and oxygen atoms in total. The van der Waals surface area contributed by atoms with Gasteiger partial charge < -0.3 is 0 Å². The van der Waals surface area contributed by atoms with Crippen molar-refractivity contribution in [2.75, 3.05) is 0 Å². The minimum absolute atomic E-state index is 0.579. The number of aryl methyl sites for hydroxylation is 2. The van der Waals surface area contributed by atoms with Crippen LogP contribution >= 0.6 is 11.6 Å². The van der Waals surface area contributed by atoms with Crippen LogP contribution in [0.1, 0.15) is 16.7 Å². The molecule has 0 saturated heterocycles. The molecular formula is C13H13Cl. The van der Waals surface area contributed by atoms with E-state index in [-0.39, 0.29) is 0 Å². The molecule has 0 aromatic carbocycles. The van der Waals surface area contributed by atoms with E-state index in [1.54, 1.807) is 0 Å². The Kier molecular flexibility index (Phi) is 2.47. The molecule has 0 aromatic rings. The van der Waals surface area contributed by atoms with Crippen LogP contribution in [0.3, 0.4) is 0 Å². The molecule has 0 atom stereocenters. The highest BCUT2D eigenvalue weighted by atomic mass is 35.5. The number of rotatable bonds is 1. The first-order valence-corrected chi connectivity index (χ1v) is 5.30. The van der Waals surface area contributed by atoms with Crippen LogP contribution < -0.4 is 0 Å². The topological polar surface area (TPSA) is 0 Å². The van der Waals surface area contributed by atoms with Crippen molar-refractivity contribution in [3.63, 3.8) is 0 Å². The van der Waals surface area contributed by atoms with Crippen molar-refractivity contribution in [2.45, 2.75) is 19.7 Å². The molecule has 0 aromatic heterocycles. The van der Waals surface area contributed by atoms with Crippen LogP contribution in [0.5, 0.6) is 0 Å². The van der Waals surface area contributed by atoms with E-state index in [1.165, 1.54) is 27.8 Å². The number of hydrogen-bond acceptors (Lipinski definition) is 0. The van der Waals surface area contributed by atoms with Crippen LogP contribution in [0.25, 0.3) is 11.1 Å². The highest BCUT2D eigenvalue weighted by molar-refractivity contribution is 6.17. The zero-order valence-electron chi connectivity index (χ0n) is 8.47. The molecule has 0 amide bonds. The van der Waals surface area contributed by atoms with Gasteiger partial charge in [-0.2, -0.15) is 0 Å². The average molecular weight is 205 g/mol. The van der Waals surface area contributed by atoms with E-state index < -0.39 is 0 Å². The molecule has 0 fully saturated rings. The van der Waals surface area contributed by atoms with Gasteiger partial charge in [0.1, 0.15) is 0 Å². The highest BCUT2D eigenvalue weighted by Crippen LogP contribution is 2.30. The fourth-order valence-electron chi connectivity index (χ4n) is 1.97. The summed E-state index contributed by atoms with van der Waals surface area (Å²) in [6.45, 7) is 4.26. The lowest BCUT2D eigenvalue weighted by molar-refractivity contribution is 1.39. The van der Waals surface area contributed by atoms with Crippen molar-refractivity contribution in [1.29, 1.82) is 0 Å². The molecular weight excluding hydrogens is 192 g/mol. The van der Waals surface area contributed by atoms with Crippen molar-refractivity contribution in [1.82, 2.24) is 0 Å². The molecule has 0 heterocycles. The Hall–Kier alpha value is -1.01. The third kappa shape index (κ3) is 1.51. The third-order valence-electron chi connectivity index (χ3n) is 2.58. The summed E-state index contributed by atoms with van der Waals surface area (Å²) in [4.78, 5) is 0. The van der Waals surface area contributed by atoms with Gasteiger partial charge in [0.2, 0.25) is 0 Å². The first-order chi connectivity index (χ1) is 6.72. The summed E-state index contributed by atoms with van der Waals surface area (Å²) in [6.07, 6.45) is 0. The summed E-state index contributed by atoms with van der Waals surface area (Å²) in [5, 5.41) is 0. The molecule has 14 heavy (non-hydrogen) atoms. The summed E-state index contributed by atoms with van der Waals surface area (Å²) >= 11 is 5.95. The van der Waals surface area contributed by atoms with Gasteiger partial charge in [-0.05, 0) is 36.1 Å². The Bertz CT molecular complexity index is 432. The molecule has 0 aliphatic heterocycles. The van der Waals surface area contributed by atoms with E-state index in [0.29, 0.717) is 5.88 Å². The average Bonchev–Trinajstić information content (AvgIpc) is 2.58. The second kappa shape index (κ2) is 3.62. The lowest BCUT2D eigenvalue weighted by Crippen LogP contribution is -1.79. The molecule has 72 valence electrons. The smallest absolute Gasteiger partial charge is 0.0480 e. The van der Waals surface area contributed by atoms with Crippen LogP contribution in [-0.4, -0.2) is 0 Å². The molecule has 2 aliphatic carbocycles. The summed E-state index contributed by atoms with van der Waals surface area (Å²) in [7, 11) is 0. The molecule has 0 radical (unpaired) electrons. The summed E-state index contributed by atoms with van der Waals surface area (Å²) in [5.41, 5.74) is 6.41. The van der Waals surface area contributed by atoms with Crippen molar-refractivity contribution >= 4 is 11.6 Å². The van der Waals surface area contributed by atoms with Gasteiger partial charge >= 0.3 is 0 Å². The normalized spacial score (nSPS) is 10.8. The molecule has 0 bridgehead atoms. The molecule has 2 rings (SSSR count). The van der Waals surface area contributed by atoms with Crippen LogP contribution in [-0.2, 0) is 5.88 Å². The minimum atomic E-state index is 0.579. The summed E-state index contributed by atoms with van der Waals surface area (Å²) in [6, 6.07) is 10.8. The Labute approximate surface area is 89.9 Å². The van der Waals surface area contributed by atoms with Gasteiger partial charge in [0.15, 0.2) is 0 Å². The quantitative estimate of drug-likeness (QED) is 0.613. The van der Waals surface area contributed by atoms with Gasteiger partial charge in [0, 0.05) is 5.88 Å². The van der Waals surface area contributed by atoms with Crippen molar-refractivity contribution in [3.05, 3.63) is 47.0 Å². The van der Waals surface area contributed by atoms with E-state index in [0.717, 1.165) is 0 Å². The SMILES string of the molecule is Cc1cc(C)c2cccc-2c(CCl)c1. The Balaban J connectivity index is 2.79. The summed E-state index contributed by atoms with van der Waals surface area (Å²) in [5.74, 6) is 0.579. The monoisotopic (exact) mass is 204 g/mol. The molecule has 0 unspecified atom stereocenters. The second-order valence-electron chi connectivity index (χ2n) is 3.73. The van der Waals surface area contributed by atoms with Gasteiger partial charge in [0.05, 0.1) is 0 Å². The number of halogens is 1. The van der Waals surface area contributed by atoms with Crippen molar-refractivity contribution < 1.29 is 0 Å². The Morgan fingerprint density at radius 2 is 1.79 bits per heavy atom. The van der Waals surface area contributed by atoms with Crippen LogP contribution in [0.15, 0.2) is 30.3 Å².